The molecule has 2 unspecified atom stereocenters. The number of carbonyl (C=O) groups is 2. The number of hydrogen-bond donors (Lipinski definition) is 1. The minimum atomic E-state index is -3.79. The van der Waals surface area contributed by atoms with Crippen molar-refractivity contribution < 1.29 is 37.7 Å². The standard InChI is InChI=1S/C26H33F2NO6/c1-29(2)14-13-22(35-24(25(31)32)16-26(27,28)18-30)17-34-23-10-5-4-8-20(23)12-11-19-7-6-9-21(15-19)33-3/h4-10,15,18,22,24H,11-14,16-17H2,1-3H3,(H,31,32). The molecule has 2 rings (SSSR count). The fourth-order valence-corrected chi connectivity index (χ4v) is 3.45. The molecule has 9 heteroatoms. The number of carboxylic acids is 1. The summed E-state index contributed by atoms with van der Waals surface area (Å²) in [7, 11) is 5.29. The third-order valence-corrected chi connectivity index (χ3v) is 5.37. The summed E-state index contributed by atoms with van der Waals surface area (Å²) in [6.07, 6.45) is -2.61. The van der Waals surface area contributed by atoms with E-state index in [-0.39, 0.29) is 6.61 Å². The largest absolute Gasteiger partial charge is 0.497 e. The first kappa shape index (κ1) is 28.2. The number of aldehydes is 1. The van der Waals surface area contributed by atoms with Crippen LogP contribution in [0, 0.1) is 0 Å². The maximum absolute atomic E-state index is 13.5. The molecule has 0 bridgehead atoms. The van der Waals surface area contributed by atoms with Gasteiger partial charge in [-0.1, -0.05) is 30.3 Å². The molecule has 7 nitrogen and oxygen atoms in total. The molecule has 2 aromatic rings. The van der Waals surface area contributed by atoms with Gasteiger partial charge in [0, 0.05) is 6.54 Å². The lowest BCUT2D eigenvalue weighted by molar-refractivity contribution is -0.165. The zero-order valence-corrected chi connectivity index (χ0v) is 20.3. The van der Waals surface area contributed by atoms with Gasteiger partial charge in [0.05, 0.1) is 19.6 Å². The number of aryl methyl sites for hydroxylation is 2. The van der Waals surface area contributed by atoms with Gasteiger partial charge >= 0.3 is 11.9 Å². The van der Waals surface area contributed by atoms with Gasteiger partial charge < -0.3 is 24.2 Å². The Balaban J connectivity index is 2.09. The summed E-state index contributed by atoms with van der Waals surface area (Å²) in [6, 6.07) is 15.3. The van der Waals surface area contributed by atoms with E-state index < -0.39 is 36.8 Å². The average molecular weight is 494 g/mol. The normalized spacial score (nSPS) is 13.3. The highest BCUT2D eigenvalue weighted by Crippen LogP contribution is 2.24. The van der Waals surface area contributed by atoms with E-state index in [0.717, 1.165) is 23.3 Å². The van der Waals surface area contributed by atoms with Crippen LogP contribution >= 0.6 is 0 Å². The Kier molecular flexibility index (Phi) is 11.1. The molecule has 1 N–H and O–H groups in total. The topological polar surface area (TPSA) is 85.3 Å². The molecular weight excluding hydrogens is 460 g/mol. The van der Waals surface area contributed by atoms with E-state index in [1.54, 1.807) is 13.2 Å². The molecule has 0 radical (unpaired) electrons. The summed E-state index contributed by atoms with van der Waals surface area (Å²) in [5.74, 6) is -3.96. The monoisotopic (exact) mass is 493 g/mol. The maximum atomic E-state index is 13.5. The smallest absolute Gasteiger partial charge is 0.333 e. The molecule has 0 aliphatic heterocycles. The van der Waals surface area contributed by atoms with Gasteiger partial charge in [-0.3, -0.25) is 4.79 Å². The van der Waals surface area contributed by atoms with Gasteiger partial charge in [-0.25, -0.2) is 4.79 Å². The summed E-state index contributed by atoms with van der Waals surface area (Å²) >= 11 is 0. The number of benzene rings is 2. The first-order valence-electron chi connectivity index (χ1n) is 11.3. The molecule has 192 valence electrons. The molecule has 35 heavy (non-hydrogen) atoms. The van der Waals surface area contributed by atoms with E-state index in [1.165, 1.54) is 0 Å². The van der Waals surface area contributed by atoms with Crippen LogP contribution in [0.4, 0.5) is 8.78 Å². The van der Waals surface area contributed by atoms with Crippen molar-refractivity contribution in [3.8, 4) is 11.5 Å². The van der Waals surface area contributed by atoms with E-state index in [4.69, 9.17) is 14.2 Å². The first-order chi connectivity index (χ1) is 16.6. The third kappa shape index (κ3) is 10.00. The van der Waals surface area contributed by atoms with E-state index >= 15 is 0 Å². The highest BCUT2D eigenvalue weighted by atomic mass is 19.3. The number of methoxy groups -OCH3 is 1. The Hall–Kier alpha value is -3.04. The zero-order valence-electron chi connectivity index (χ0n) is 20.3. The second-order valence-electron chi connectivity index (χ2n) is 8.53. The van der Waals surface area contributed by atoms with E-state index in [0.29, 0.717) is 25.1 Å². The van der Waals surface area contributed by atoms with Crippen molar-refractivity contribution in [2.45, 2.75) is 43.8 Å². The van der Waals surface area contributed by atoms with Crippen molar-refractivity contribution in [3.63, 3.8) is 0 Å². The van der Waals surface area contributed by atoms with Crippen molar-refractivity contribution in [3.05, 3.63) is 59.7 Å². The van der Waals surface area contributed by atoms with Crippen molar-refractivity contribution in [2.75, 3.05) is 34.4 Å². The predicted molar refractivity (Wildman–Crippen MR) is 127 cm³/mol. The minimum absolute atomic E-state index is 0.0273. The van der Waals surface area contributed by atoms with Crippen LogP contribution in [0.1, 0.15) is 24.0 Å². The number of ether oxygens (including phenoxy) is 3. The second kappa shape index (κ2) is 13.7. The van der Waals surface area contributed by atoms with Crippen molar-refractivity contribution >= 4 is 12.3 Å². The second-order valence-corrected chi connectivity index (χ2v) is 8.53. The number of carboxylic acid groups (broad SMARTS) is 1. The van der Waals surface area contributed by atoms with Crippen molar-refractivity contribution in [1.29, 1.82) is 0 Å². The minimum Gasteiger partial charge on any atom is -0.497 e. The number of alkyl halides is 2. The van der Waals surface area contributed by atoms with Gasteiger partial charge in [0.25, 0.3) is 0 Å². The molecule has 0 aromatic heterocycles. The number of rotatable bonds is 16. The Bertz CT molecular complexity index is 953. The first-order valence-corrected chi connectivity index (χ1v) is 11.3. The summed E-state index contributed by atoms with van der Waals surface area (Å²) in [5, 5.41) is 9.37. The van der Waals surface area contributed by atoms with Crippen LogP contribution in [-0.4, -0.2) is 74.7 Å². The number of carbonyl (C=O) groups excluding carboxylic acids is 1. The summed E-state index contributed by atoms with van der Waals surface area (Å²) in [5.41, 5.74) is 2.05. The van der Waals surface area contributed by atoms with E-state index in [1.807, 2.05) is 61.5 Å². The highest BCUT2D eigenvalue weighted by molar-refractivity contribution is 5.73. The third-order valence-electron chi connectivity index (χ3n) is 5.37. The van der Waals surface area contributed by atoms with Crippen molar-refractivity contribution in [1.82, 2.24) is 4.90 Å². The number of aliphatic carboxylic acids is 1. The van der Waals surface area contributed by atoms with Gasteiger partial charge in [0.15, 0.2) is 12.4 Å². The molecule has 0 saturated carbocycles. The molecule has 0 aliphatic rings. The van der Waals surface area contributed by atoms with E-state index in [2.05, 4.69) is 0 Å². The highest BCUT2D eigenvalue weighted by Gasteiger charge is 2.37. The van der Waals surface area contributed by atoms with Gasteiger partial charge in [-0.05, 0) is 62.7 Å². The molecule has 0 amide bonds. The maximum Gasteiger partial charge on any atom is 0.333 e. The fraction of sp³-hybridized carbons (Fsp3) is 0.462. The van der Waals surface area contributed by atoms with Crippen molar-refractivity contribution in [2.24, 2.45) is 0 Å². The number of halogens is 2. The van der Waals surface area contributed by atoms with Crippen LogP contribution in [0.2, 0.25) is 0 Å². The number of nitrogens with zero attached hydrogens (tertiary/aromatic N) is 1. The number of hydrogen-bond acceptors (Lipinski definition) is 6. The molecule has 0 heterocycles. The zero-order chi connectivity index (χ0) is 25.8. The van der Waals surface area contributed by atoms with E-state index in [9.17, 15) is 23.5 Å². The Morgan fingerprint density at radius 3 is 2.54 bits per heavy atom. The van der Waals surface area contributed by atoms with Gasteiger partial charge in [0.2, 0.25) is 0 Å². The Labute approximate surface area is 204 Å². The molecule has 0 fully saturated rings. The molecule has 0 aliphatic carbocycles. The lowest BCUT2D eigenvalue weighted by Gasteiger charge is -2.25. The van der Waals surface area contributed by atoms with Crippen LogP contribution in [-0.2, 0) is 27.2 Å². The molecule has 0 saturated heterocycles. The van der Waals surface area contributed by atoms with Gasteiger partial charge in [0.1, 0.15) is 18.1 Å². The lowest BCUT2D eigenvalue weighted by Crippen LogP contribution is -2.38. The number of para-hydroxylation sites is 1. The van der Waals surface area contributed by atoms with Gasteiger partial charge in [-0.2, -0.15) is 8.78 Å². The van der Waals surface area contributed by atoms with Crippen LogP contribution in [0.15, 0.2) is 48.5 Å². The summed E-state index contributed by atoms with van der Waals surface area (Å²) in [6.45, 7) is 0.502. The van der Waals surface area contributed by atoms with Crippen LogP contribution in [0.5, 0.6) is 11.5 Å². The average Bonchev–Trinajstić information content (AvgIpc) is 2.84. The fourth-order valence-electron chi connectivity index (χ4n) is 3.45. The van der Waals surface area contributed by atoms with Crippen LogP contribution in [0.25, 0.3) is 0 Å². The van der Waals surface area contributed by atoms with Gasteiger partial charge in [-0.15, -0.1) is 0 Å². The lowest BCUT2D eigenvalue weighted by atomic mass is 10.0. The quantitative estimate of drug-likeness (QED) is 0.355. The summed E-state index contributed by atoms with van der Waals surface area (Å²) in [4.78, 5) is 24.0. The molecule has 2 atom stereocenters. The van der Waals surface area contributed by atoms with Crippen LogP contribution < -0.4 is 9.47 Å². The van der Waals surface area contributed by atoms with Crippen LogP contribution in [0.3, 0.4) is 0 Å². The Morgan fingerprint density at radius 2 is 1.89 bits per heavy atom. The summed E-state index contributed by atoms with van der Waals surface area (Å²) < 4.78 is 43.9. The molecular formula is C26H33F2NO6. The predicted octanol–water partition coefficient (Wildman–Crippen LogP) is 3.87. The SMILES string of the molecule is COc1cccc(CCc2ccccc2OCC(CCN(C)C)OC(CC(F)(F)C=O)C(=O)O)c1. The Morgan fingerprint density at radius 1 is 1.14 bits per heavy atom. The molecule has 0 spiro atoms. The molecule has 2 aromatic carbocycles.